The number of hydrogen-bond acceptors (Lipinski definition) is 4. The second-order valence-corrected chi connectivity index (χ2v) is 6.56. The van der Waals surface area contributed by atoms with Crippen molar-refractivity contribution in [2.24, 2.45) is 5.41 Å². The lowest BCUT2D eigenvalue weighted by molar-refractivity contribution is -0.384. The van der Waals surface area contributed by atoms with E-state index in [1.54, 1.807) is 20.8 Å². The lowest BCUT2D eigenvalue weighted by atomic mass is 9.84. The zero-order valence-electron chi connectivity index (χ0n) is 11.8. The molecule has 0 aliphatic carbocycles. The summed E-state index contributed by atoms with van der Waals surface area (Å²) < 4.78 is 13.6. The fourth-order valence-electron chi connectivity index (χ4n) is 1.74. The first-order valence-corrected chi connectivity index (χ1v) is 6.93. The van der Waals surface area contributed by atoms with Crippen molar-refractivity contribution in [2.75, 3.05) is 5.32 Å². The van der Waals surface area contributed by atoms with E-state index in [4.69, 9.17) is 5.11 Å². The molecular formula is C13H16BrFN2O4. The van der Waals surface area contributed by atoms with E-state index in [1.165, 1.54) is 0 Å². The summed E-state index contributed by atoms with van der Waals surface area (Å²) >= 11 is 2.89. The number of nitro benzene ring substituents is 1. The van der Waals surface area contributed by atoms with Gasteiger partial charge in [0.2, 0.25) is 0 Å². The Morgan fingerprint density at radius 3 is 2.52 bits per heavy atom. The molecular weight excluding hydrogens is 347 g/mol. The molecule has 0 bridgehead atoms. The molecule has 0 heterocycles. The number of carbonyl (C=O) groups is 1. The van der Waals surface area contributed by atoms with E-state index in [0.717, 1.165) is 12.1 Å². The Bertz CT molecular complexity index is 572. The first-order chi connectivity index (χ1) is 9.52. The van der Waals surface area contributed by atoms with Gasteiger partial charge in [0.05, 0.1) is 15.8 Å². The van der Waals surface area contributed by atoms with Crippen LogP contribution in [0.2, 0.25) is 0 Å². The van der Waals surface area contributed by atoms with Crippen molar-refractivity contribution in [1.82, 2.24) is 0 Å². The summed E-state index contributed by atoms with van der Waals surface area (Å²) in [6.45, 7) is 5.40. The number of nitrogens with zero attached hydrogens (tertiary/aromatic N) is 1. The van der Waals surface area contributed by atoms with Crippen molar-refractivity contribution in [2.45, 2.75) is 33.2 Å². The molecule has 116 valence electrons. The van der Waals surface area contributed by atoms with Gasteiger partial charge in [-0.05, 0) is 21.3 Å². The van der Waals surface area contributed by atoms with Gasteiger partial charge in [0, 0.05) is 18.2 Å². The molecule has 0 amide bonds. The molecule has 0 spiro atoms. The number of carboxylic acid groups (broad SMARTS) is 1. The van der Waals surface area contributed by atoms with E-state index in [1.807, 2.05) is 0 Å². The summed E-state index contributed by atoms with van der Waals surface area (Å²) in [5, 5.41) is 22.8. The van der Waals surface area contributed by atoms with Gasteiger partial charge < -0.3 is 10.4 Å². The number of hydrogen-bond donors (Lipinski definition) is 2. The van der Waals surface area contributed by atoms with Crippen LogP contribution in [0.3, 0.4) is 0 Å². The van der Waals surface area contributed by atoms with Crippen molar-refractivity contribution in [3.63, 3.8) is 0 Å². The standard InChI is InChI=1S/C13H16BrFN2O4/c1-13(2,3)11(6-12(18)19)16-9-5-8(15)7(14)4-10(9)17(20)21/h4-5,11,16H,6H2,1-3H3,(H,18,19). The van der Waals surface area contributed by atoms with Crippen LogP contribution in [-0.2, 0) is 4.79 Å². The normalized spacial score (nSPS) is 12.8. The number of benzene rings is 1. The van der Waals surface area contributed by atoms with Crippen LogP contribution in [0.4, 0.5) is 15.8 Å². The molecule has 0 fully saturated rings. The Hall–Kier alpha value is -1.70. The van der Waals surface area contributed by atoms with Gasteiger partial charge in [-0.15, -0.1) is 0 Å². The van der Waals surface area contributed by atoms with Crippen LogP contribution in [0.1, 0.15) is 27.2 Å². The van der Waals surface area contributed by atoms with E-state index >= 15 is 0 Å². The third-order valence-corrected chi connectivity index (χ3v) is 3.60. The van der Waals surface area contributed by atoms with Crippen molar-refractivity contribution in [3.05, 3.63) is 32.5 Å². The molecule has 0 aliphatic heterocycles. The smallest absolute Gasteiger partial charge is 0.305 e. The molecule has 1 atom stereocenters. The third kappa shape index (κ3) is 4.66. The highest BCUT2D eigenvalue weighted by atomic mass is 79.9. The molecule has 1 aromatic carbocycles. The highest BCUT2D eigenvalue weighted by molar-refractivity contribution is 9.10. The average Bonchev–Trinajstić information content (AvgIpc) is 2.30. The van der Waals surface area contributed by atoms with Gasteiger partial charge in [0.25, 0.3) is 5.69 Å². The fourth-order valence-corrected chi connectivity index (χ4v) is 2.07. The molecule has 0 aromatic heterocycles. The molecule has 0 saturated heterocycles. The minimum atomic E-state index is -1.04. The molecule has 8 heteroatoms. The number of halogens is 2. The summed E-state index contributed by atoms with van der Waals surface area (Å²) in [5.41, 5.74) is -0.833. The second-order valence-electron chi connectivity index (χ2n) is 5.70. The zero-order valence-corrected chi connectivity index (χ0v) is 13.4. The largest absolute Gasteiger partial charge is 0.481 e. The van der Waals surface area contributed by atoms with Crippen LogP contribution < -0.4 is 5.32 Å². The summed E-state index contributed by atoms with van der Waals surface area (Å²) in [6.07, 6.45) is -0.238. The topological polar surface area (TPSA) is 92.5 Å². The molecule has 1 unspecified atom stereocenters. The third-order valence-electron chi connectivity index (χ3n) is 2.99. The minimum Gasteiger partial charge on any atom is -0.481 e. The molecule has 1 aromatic rings. The van der Waals surface area contributed by atoms with Gasteiger partial charge in [0.1, 0.15) is 11.5 Å². The minimum absolute atomic E-state index is 0.0229. The van der Waals surface area contributed by atoms with Crippen molar-refractivity contribution in [3.8, 4) is 0 Å². The van der Waals surface area contributed by atoms with Gasteiger partial charge in [-0.25, -0.2) is 4.39 Å². The number of rotatable bonds is 5. The van der Waals surface area contributed by atoms with Crippen molar-refractivity contribution < 1.29 is 19.2 Å². The Balaban J connectivity index is 3.22. The Labute approximate surface area is 129 Å². The molecule has 0 radical (unpaired) electrons. The van der Waals surface area contributed by atoms with Gasteiger partial charge in [-0.1, -0.05) is 20.8 Å². The van der Waals surface area contributed by atoms with Crippen molar-refractivity contribution >= 4 is 33.3 Å². The number of aliphatic carboxylic acids is 1. The van der Waals surface area contributed by atoms with Crippen LogP contribution in [-0.4, -0.2) is 22.0 Å². The summed E-state index contributed by atoms with van der Waals surface area (Å²) in [4.78, 5) is 21.3. The SMILES string of the molecule is CC(C)(C)C(CC(=O)O)Nc1cc(F)c(Br)cc1[N+](=O)[O-]. The number of nitro groups is 1. The highest BCUT2D eigenvalue weighted by Gasteiger charge is 2.29. The van der Waals surface area contributed by atoms with Gasteiger partial charge >= 0.3 is 5.97 Å². The van der Waals surface area contributed by atoms with E-state index in [-0.39, 0.29) is 22.3 Å². The summed E-state index contributed by atoms with van der Waals surface area (Å²) in [6, 6.07) is 1.45. The summed E-state index contributed by atoms with van der Waals surface area (Å²) in [5.74, 6) is -1.70. The van der Waals surface area contributed by atoms with Crippen LogP contribution in [0.25, 0.3) is 0 Å². The molecule has 1 rings (SSSR count). The maximum absolute atomic E-state index is 13.6. The molecule has 2 N–H and O–H groups in total. The zero-order chi connectivity index (χ0) is 16.4. The van der Waals surface area contributed by atoms with Gasteiger partial charge in [-0.2, -0.15) is 0 Å². The summed E-state index contributed by atoms with van der Waals surface area (Å²) in [7, 11) is 0. The van der Waals surface area contributed by atoms with E-state index in [2.05, 4.69) is 21.2 Å². The van der Waals surface area contributed by atoms with Crippen LogP contribution in [0.5, 0.6) is 0 Å². The average molecular weight is 363 g/mol. The van der Waals surface area contributed by atoms with E-state index < -0.39 is 28.2 Å². The predicted octanol–water partition coefficient (Wildman–Crippen LogP) is 3.80. The number of nitrogens with one attached hydrogen (secondary N) is 1. The monoisotopic (exact) mass is 362 g/mol. The maximum Gasteiger partial charge on any atom is 0.305 e. The first-order valence-electron chi connectivity index (χ1n) is 6.14. The second kappa shape index (κ2) is 6.38. The lowest BCUT2D eigenvalue weighted by Gasteiger charge is -2.31. The lowest BCUT2D eigenvalue weighted by Crippen LogP contribution is -2.36. The first kappa shape index (κ1) is 17.4. The van der Waals surface area contributed by atoms with E-state index in [0.29, 0.717) is 0 Å². The van der Waals surface area contributed by atoms with Crippen LogP contribution in [0.15, 0.2) is 16.6 Å². The van der Waals surface area contributed by atoms with Crippen molar-refractivity contribution in [1.29, 1.82) is 0 Å². The van der Waals surface area contributed by atoms with Crippen LogP contribution in [0, 0.1) is 21.3 Å². The Kier molecular flexibility index (Phi) is 5.27. The van der Waals surface area contributed by atoms with E-state index in [9.17, 15) is 19.3 Å². The molecule has 0 aliphatic rings. The number of anilines is 1. The Morgan fingerprint density at radius 2 is 2.10 bits per heavy atom. The quantitative estimate of drug-likeness (QED) is 0.613. The predicted molar refractivity (Wildman–Crippen MR) is 79.9 cm³/mol. The molecule has 6 nitrogen and oxygen atoms in total. The molecule has 0 saturated carbocycles. The van der Waals surface area contributed by atoms with Gasteiger partial charge in [0.15, 0.2) is 0 Å². The van der Waals surface area contributed by atoms with Gasteiger partial charge in [-0.3, -0.25) is 14.9 Å². The maximum atomic E-state index is 13.6. The fraction of sp³-hybridized carbons (Fsp3) is 0.462. The Morgan fingerprint density at radius 1 is 1.52 bits per heavy atom. The van der Waals surface area contributed by atoms with Crippen LogP contribution >= 0.6 is 15.9 Å². The number of carboxylic acids is 1. The highest BCUT2D eigenvalue weighted by Crippen LogP contribution is 2.34. The molecule has 21 heavy (non-hydrogen) atoms.